The van der Waals surface area contributed by atoms with Crippen LogP contribution in [0.4, 0.5) is 5.82 Å². The monoisotopic (exact) mass is 194 g/mol. The lowest BCUT2D eigenvalue weighted by Gasteiger charge is -2.20. The molecule has 0 bridgehead atoms. The van der Waals surface area contributed by atoms with E-state index in [1.165, 1.54) is 0 Å². The molecule has 0 aliphatic carbocycles. The second-order valence-corrected chi connectivity index (χ2v) is 3.74. The minimum atomic E-state index is 0.491. The van der Waals surface area contributed by atoms with Gasteiger partial charge in [-0.2, -0.15) is 0 Å². The maximum Gasteiger partial charge on any atom is 0.129 e. The van der Waals surface area contributed by atoms with Crippen LogP contribution in [0.2, 0.25) is 0 Å². The average Bonchev–Trinajstić information content (AvgIpc) is 2.14. The molecule has 78 valence electrons. The minimum Gasteiger partial charge on any atom is -0.368 e. The Labute approximate surface area is 85.4 Å². The van der Waals surface area contributed by atoms with Crippen molar-refractivity contribution in [2.45, 2.75) is 19.9 Å². The van der Waals surface area contributed by atoms with E-state index in [2.05, 4.69) is 41.2 Å². The molecule has 0 spiro atoms. The molecule has 14 heavy (non-hydrogen) atoms. The molecular weight excluding hydrogens is 176 g/mol. The molecular formula is C10H18N4. The maximum atomic E-state index is 4.13. The smallest absolute Gasteiger partial charge is 0.129 e. The quantitative estimate of drug-likeness (QED) is 0.780. The average molecular weight is 194 g/mol. The van der Waals surface area contributed by atoms with Gasteiger partial charge in [0.05, 0.1) is 0 Å². The van der Waals surface area contributed by atoms with E-state index < -0.39 is 0 Å². The normalized spacial score (nSPS) is 12.9. The second kappa shape index (κ2) is 4.91. The summed E-state index contributed by atoms with van der Waals surface area (Å²) in [6.45, 7) is 5.02. The van der Waals surface area contributed by atoms with Gasteiger partial charge in [-0.05, 0) is 27.9 Å². The van der Waals surface area contributed by atoms with E-state index in [1.54, 1.807) is 6.33 Å². The summed E-state index contributed by atoms with van der Waals surface area (Å²) in [5.74, 6) is 0.895. The number of nitrogens with one attached hydrogen (secondary N) is 1. The molecule has 0 amide bonds. The summed E-state index contributed by atoms with van der Waals surface area (Å²) in [6, 6.07) is 2.44. The fraction of sp³-hybridized carbons (Fsp3) is 0.600. The SMILES string of the molecule is Cc1cc(NCC(C)N(C)C)ncn1. The number of rotatable bonds is 4. The molecule has 1 rings (SSSR count). The predicted octanol–water partition coefficient (Wildman–Crippen LogP) is 1.15. The van der Waals surface area contributed by atoms with Crippen molar-refractivity contribution in [3.8, 4) is 0 Å². The molecule has 0 saturated carbocycles. The number of likely N-dealkylation sites (N-methyl/N-ethyl adjacent to an activating group) is 1. The molecule has 1 unspecified atom stereocenters. The van der Waals surface area contributed by atoms with E-state index >= 15 is 0 Å². The third-order valence-electron chi connectivity index (χ3n) is 2.26. The van der Waals surface area contributed by atoms with Crippen molar-refractivity contribution in [3.05, 3.63) is 18.1 Å². The number of hydrogen-bond donors (Lipinski definition) is 1. The number of hydrogen-bond acceptors (Lipinski definition) is 4. The lowest BCUT2D eigenvalue weighted by molar-refractivity contribution is 0.326. The van der Waals surface area contributed by atoms with Crippen LogP contribution < -0.4 is 5.32 Å². The first kappa shape index (κ1) is 10.9. The van der Waals surface area contributed by atoms with Gasteiger partial charge < -0.3 is 10.2 Å². The molecule has 0 radical (unpaired) electrons. The molecule has 1 heterocycles. The second-order valence-electron chi connectivity index (χ2n) is 3.74. The summed E-state index contributed by atoms with van der Waals surface area (Å²) in [5, 5.41) is 3.27. The third-order valence-corrected chi connectivity index (χ3v) is 2.26. The van der Waals surface area contributed by atoms with Gasteiger partial charge in [0.1, 0.15) is 12.1 Å². The lowest BCUT2D eigenvalue weighted by atomic mass is 10.3. The van der Waals surface area contributed by atoms with Crippen LogP contribution in [-0.2, 0) is 0 Å². The van der Waals surface area contributed by atoms with E-state index in [0.717, 1.165) is 18.1 Å². The van der Waals surface area contributed by atoms with E-state index in [1.807, 2.05) is 13.0 Å². The Kier molecular flexibility index (Phi) is 3.83. The highest BCUT2D eigenvalue weighted by Gasteiger charge is 2.03. The molecule has 0 aliphatic heterocycles. The topological polar surface area (TPSA) is 41.0 Å². The zero-order chi connectivity index (χ0) is 10.6. The standard InChI is InChI=1S/C10H18N4/c1-8-5-10(13-7-12-8)11-6-9(2)14(3)4/h5,7,9H,6H2,1-4H3,(H,11,12,13). The van der Waals surface area contributed by atoms with E-state index in [-0.39, 0.29) is 0 Å². The third kappa shape index (κ3) is 3.30. The van der Waals surface area contributed by atoms with E-state index in [4.69, 9.17) is 0 Å². The Balaban J connectivity index is 2.45. The summed E-state index contributed by atoms with van der Waals surface area (Å²) < 4.78 is 0. The van der Waals surface area contributed by atoms with Crippen LogP contribution in [0.1, 0.15) is 12.6 Å². The zero-order valence-corrected chi connectivity index (χ0v) is 9.28. The largest absolute Gasteiger partial charge is 0.368 e. The van der Waals surface area contributed by atoms with Gasteiger partial charge in [0, 0.05) is 24.3 Å². The van der Waals surface area contributed by atoms with Crippen LogP contribution in [0.25, 0.3) is 0 Å². The van der Waals surface area contributed by atoms with Crippen LogP contribution in [0.5, 0.6) is 0 Å². The zero-order valence-electron chi connectivity index (χ0n) is 9.28. The first-order valence-electron chi connectivity index (χ1n) is 4.78. The summed E-state index contributed by atoms with van der Waals surface area (Å²) in [6.07, 6.45) is 1.58. The van der Waals surface area contributed by atoms with Gasteiger partial charge in [-0.1, -0.05) is 0 Å². The molecule has 0 aliphatic rings. The first-order valence-corrected chi connectivity index (χ1v) is 4.78. The summed E-state index contributed by atoms with van der Waals surface area (Å²) in [4.78, 5) is 10.3. The Morgan fingerprint density at radius 2 is 2.14 bits per heavy atom. The molecule has 1 atom stereocenters. The number of aromatic nitrogens is 2. The highest BCUT2D eigenvalue weighted by Crippen LogP contribution is 2.03. The molecule has 1 aromatic rings. The Morgan fingerprint density at radius 1 is 1.43 bits per heavy atom. The van der Waals surface area contributed by atoms with Crippen molar-refractivity contribution < 1.29 is 0 Å². The van der Waals surface area contributed by atoms with Crippen LogP contribution in [0.15, 0.2) is 12.4 Å². The van der Waals surface area contributed by atoms with Crippen molar-refractivity contribution in [3.63, 3.8) is 0 Å². The van der Waals surface area contributed by atoms with Gasteiger partial charge in [-0.15, -0.1) is 0 Å². The summed E-state index contributed by atoms with van der Waals surface area (Å²) in [5.41, 5.74) is 0.986. The number of nitrogens with zero attached hydrogens (tertiary/aromatic N) is 3. The van der Waals surface area contributed by atoms with Gasteiger partial charge in [-0.3, -0.25) is 0 Å². The Hall–Kier alpha value is -1.16. The fourth-order valence-electron chi connectivity index (χ4n) is 0.986. The predicted molar refractivity (Wildman–Crippen MR) is 58.4 cm³/mol. The van der Waals surface area contributed by atoms with Crippen molar-refractivity contribution in [2.75, 3.05) is 26.0 Å². The maximum absolute atomic E-state index is 4.13. The number of anilines is 1. The first-order chi connectivity index (χ1) is 6.59. The Morgan fingerprint density at radius 3 is 2.71 bits per heavy atom. The Bertz CT molecular complexity index is 285. The van der Waals surface area contributed by atoms with Gasteiger partial charge in [0.25, 0.3) is 0 Å². The van der Waals surface area contributed by atoms with Gasteiger partial charge in [-0.25, -0.2) is 9.97 Å². The highest BCUT2D eigenvalue weighted by molar-refractivity contribution is 5.34. The van der Waals surface area contributed by atoms with Gasteiger partial charge in [0.2, 0.25) is 0 Å². The number of aryl methyl sites for hydroxylation is 1. The summed E-state index contributed by atoms with van der Waals surface area (Å²) in [7, 11) is 4.13. The molecule has 4 heteroatoms. The fourth-order valence-corrected chi connectivity index (χ4v) is 0.986. The van der Waals surface area contributed by atoms with Crippen molar-refractivity contribution >= 4 is 5.82 Å². The van der Waals surface area contributed by atoms with Gasteiger partial charge in [0.15, 0.2) is 0 Å². The molecule has 1 aromatic heterocycles. The van der Waals surface area contributed by atoms with Crippen molar-refractivity contribution in [1.29, 1.82) is 0 Å². The molecule has 1 N–H and O–H groups in total. The van der Waals surface area contributed by atoms with E-state index in [0.29, 0.717) is 6.04 Å². The molecule has 0 fully saturated rings. The van der Waals surface area contributed by atoms with Crippen molar-refractivity contribution in [1.82, 2.24) is 14.9 Å². The summed E-state index contributed by atoms with van der Waals surface area (Å²) >= 11 is 0. The van der Waals surface area contributed by atoms with Crippen molar-refractivity contribution in [2.24, 2.45) is 0 Å². The van der Waals surface area contributed by atoms with Crippen LogP contribution in [-0.4, -0.2) is 41.5 Å². The van der Waals surface area contributed by atoms with Crippen LogP contribution in [0, 0.1) is 6.92 Å². The van der Waals surface area contributed by atoms with Gasteiger partial charge >= 0.3 is 0 Å². The molecule has 0 saturated heterocycles. The highest BCUT2D eigenvalue weighted by atomic mass is 15.1. The van der Waals surface area contributed by atoms with Crippen LogP contribution >= 0.6 is 0 Å². The van der Waals surface area contributed by atoms with Crippen LogP contribution in [0.3, 0.4) is 0 Å². The lowest BCUT2D eigenvalue weighted by Crippen LogP contribution is -2.31. The minimum absolute atomic E-state index is 0.491. The molecule has 4 nitrogen and oxygen atoms in total. The van der Waals surface area contributed by atoms with E-state index in [9.17, 15) is 0 Å². The molecule has 0 aromatic carbocycles.